The van der Waals surface area contributed by atoms with Crippen LogP contribution in [0.2, 0.25) is 0 Å². The minimum absolute atomic E-state index is 0.751. The van der Waals surface area contributed by atoms with E-state index in [1.54, 1.807) is 7.11 Å². The fourth-order valence-corrected chi connectivity index (χ4v) is 5.69. The second-order valence-electron chi connectivity index (χ2n) is 8.03. The first-order valence-corrected chi connectivity index (χ1v) is 11.8. The van der Waals surface area contributed by atoms with Gasteiger partial charge in [0.15, 0.2) is 0 Å². The first-order valence-electron chi connectivity index (χ1n) is 11.0. The molecule has 4 nitrogen and oxygen atoms in total. The number of ether oxygens (including phenoxy) is 1. The molecule has 1 aliphatic rings. The third-order valence-electron chi connectivity index (χ3n) is 5.95. The Morgan fingerprint density at radius 2 is 1.77 bits per heavy atom. The number of rotatable bonds is 7. The topological polar surface area (TPSA) is 47.0 Å². The quantitative estimate of drug-likeness (QED) is 0.402. The number of benzene rings is 2. The summed E-state index contributed by atoms with van der Waals surface area (Å²) in [5.41, 5.74) is 3.92. The Bertz CT molecular complexity index is 1190. The Morgan fingerprint density at radius 1 is 0.968 bits per heavy atom. The van der Waals surface area contributed by atoms with E-state index in [1.807, 2.05) is 29.5 Å². The van der Waals surface area contributed by atoms with Crippen LogP contribution in [0.3, 0.4) is 0 Å². The largest absolute Gasteiger partial charge is 0.496 e. The van der Waals surface area contributed by atoms with E-state index in [1.165, 1.54) is 46.2 Å². The number of aromatic nitrogens is 2. The number of aryl methyl sites for hydroxylation is 2. The van der Waals surface area contributed by atoms with Gasteiger partial charge in [-0.15, -0.1) is 11.3 Å². The van der Waals surface area contributed by atoms with E-state index in [-0.39, 0.29) is 0 Å². The molecule has 5 rings (SSSR count). The molecule has 2 aromatic carbocycles. The number of anilines is 1. The van der Waals surface area contributed by atoms with Crippen LogP contribution in [0, 0.1) is 0 Å². The van der Waals surface area contributed by atoms with E-state index < -0.39 is 0 Å². The van der Waals surface area contributed by atoms with Crippen molar-refractivity contribution >= 4 is 27.4 Å². The van der Waals surface area contributed by atoms with Gasteiger partial charge in [-0.1, -0.05) is 48.5 Å². The predicted molar refractivity (Wildman–Crippen MR) is 128 cm³/mol. The summed E-state index contributed by atoms with van der Waals surface area (Å²) in [4.78, 5) is 12.6. The van der Waals surface area contributed by atoms with Crippen LogP contribution in [0.15, 0.2) is 54.6 Å². The van der Waals surface area contributed by atoms with E-state index in [0.29, 0.717) is 0 Å². The summed E-state index contributed by atoms with van der Waals surface area (Å²) in [5.74, 6) is 2.82. The highest BCUT2D eigenvalue weighted by Gasteiger charge is 2.21. The van der Waals surface area contributed by atoms with Crippen LogP contribution in [0.4, 0.5) is 5.82 Å². The number of thiophene rings is 1. The molecule has 0 saturated heterocycles. The average Bonchev–Trinajstić information content (AvgIpc) is 3.18. The van der Waals surface area contributed by atoms with Crippen LogP contribution in [0.1, 0.15) is 40.2 Å². The van der Waals surface area contributed by atoms with Crippen LogP contribution >= 0.6 is 11.3 Å². The molecular weight excluding hydrogens is 402 g/mol. The van der Waals surface area contributed by atoms with Gasteiger partial charge in [0.2, 0.25) is 0 Å². The van der Waals surface area contributed by atoms with Gasteiger partial charge in [0.1, 0.15) is 22.2 Å². The first kappa shape index (κ1) is 20.0. The number of para-hydroxylation sites is 1. The summed E-state index contributed by atoms with van der Waals surface area (Å²) < 4.78 is 5.51. The van der Waals surface area contributed by atoms with E-state index in [2.05, 4.69) is 41.7 Å². The van der Waals surface area contributed by atoms with Crippen LogP contribution in [-0.2, 0) is 25.7 Å². The van der Waals surface area contributed by atoms with Crippen LogP contribution < -0.4 is 10.1 Å². The smallest absolute Gasteiger partial charge is 0.138 e. The van der Waals surface area contributed by atoms with Crippen LogP contribution in [-0.4, -0.2) is 23.6 Å². The molecule has 0 unspecified atom stereocenters. The lowest BCUT2D eigenvalue weighted by atomic mass is 9.97. The van der Waals surface area contributed by atoms with Crippen molar-refractivity contribution in [3.63, 3.8) is 0 Å². The van der Waals surface area contributed by atoms with E-state index in [4.69, 9.17) is 14.7 Å². The molecule has 2 heterocycles. The number of hydrogen-bond acceptors (Lipinski definition) is 5. The van der Waals surface area contributed by atoms with Crippen molar-refractivity contribution in [2.45, 2.75) is 38.5 Å². The monoisotopic (exact) mass is 429 g/mol. The maximum absolute atomic E-state index is 5.51. The summed E-state index contributed by atoms with van der Waals surface area (Å²) in [5, 5.41) is 4.90. The highest BCUT2D eigenvalue weighted by Crippen LogP contribution is 2.38. The molecule has 0 saturated carbocycles. The van der Waals surface area contributed by atoms with E-state index in [0.717, 1.165) is 48.0 Å². The average molecular weight is 430 g/mol. The Hall–Kier alpha value is -2.92. The molecule has 0 aliphatic heterocycles. The number of methoxy groups -OCH3 is 1. The van der Waals surface area contributed by atoms with Gasteiger partial charge in [-0.3, -0.25) is 0 Å². The van der Waals surface area contributed by atoms with Gasteiger partial charge in [-0.05, 0) is 54.9 Å². The molecule has 0 atom stereocenters. The predicted octanol–water partition coefficient (Wildman–Crippen LogP) is 5.82. The fourth-order valence-electron chi connectivity index (χ4n) is 4.41. The number of fused-ring (bicyclic) bond motifs is 3. The zero-order valence-corrected chi connectivity index (χ0v) is 18.7. The van der Waals surface area contributed by atoms with Gasteiger partial charge >= 0.3 is 0 Å². The third kappa shape index (κ3) is 4.28. The lowest BCUT2D eigenvalue weighted by Gasteiger charge is -2.14. The molecular formula is C26H27N3OS. The summed E-state index contributed by atoms with van der Waals surface area (Å²) in [7, 11) is 1.73. The molecule has 0 amide bonds. The molecule has 4 aromatic rings. The molecule has 1 aliphatic carbocycles. The molecule has 31 heavy (non-hydrogen) atoms. The Kier molecular flexibility index (Phi) is 5.85. The van der Waals surface area contributed by atoms with Gasteiger partial charge < -0.3 is 10.1 Å². The molecule has 158 valence electrons. The summed E-state index contributed by atoms with van der Waals surface area (Å²) in [6.07, 6.45) is 6.48. The number of nitrogens with one attached hydrogen (secondary N) is 1. The maximum atomic E-state index is 5.51. The molecule has 0 radical (unpaired) electrons. The summed E-state index contributed by atoms with van der Waals surface area (Å²) >= 11 is 1.86. The lowest BCUT2D eigenvalue weighted by molar-refractivity contribution is 0.410. The second kappa shape index (κ2) is 9.06. The highest BCUT2D eigenvalue weighted by atomic mass is 32.1. The number of nitrogens with zero attached hydrogens (tertiary/aromatic N) is 2. The van der Waals surface area contributed by atoms with E-state index in [9.17, 15) is 0 Å². The molecule has 0 spiro atoms. The lowest BCUT2D eigenvalue weighted by Crippen LogP contribution is -2.10. The van der Waals surface area contributed by atoms with Gasteiger partial charge in [0.05, 0.1) is 12.5 Å². The van der Waals surface area contributed by atoms with Gasteiger partial charge in [0.25, 0.3) is 0 Å². The standard InChI is InChI=1S/C26H27N3OS/c1-30-21-13-7-5-11-19(21)15-16-27-25-24-20-12-6-8-14-22(20)31-26(24)29-23(28-25)17-18-9-3-2-4-10-18/h2-5,7,9-11,13H,6,8,12,14-17H2,1H3,(H,27,28,29). The Balaban J connectivity index is 1.46. The van der Waals surface area contributed by atoms with Crippen molar-refractivity contribution in [3.8, 4) is 5.75 Å². The minimum atomic E-state index is 0.751. The van der Waals surface area contributed by atoms with Crippen molar-refractivity contribution in [2.24, 2.45) is 0 Å². The van der Waals surface area contributed by atoms with Gasteiger partial charge in [0, 0.05) is 17.8 Å². The van der Waals surface area contributed by atoms with Crippen LogP contribution in [0.5, 0.6) is 5.75 Å². The zero-order chi connectivity index (χ0) is 21.0. The van der Waals surface area contributed by atoms with Gasteiger partial charge in [-0.2, -0.15) is 0 Å². The normalized spacial score (nSPS) is 13.2. The summed E-state index contributed by atoms with van der Waals surface area (Å²) in [6, 6.07) is 18.7. The molecule has 0 bridgehead atoms. The number of hydrogen-bond donors (Lipinski definition) is 1. The second-order valence-corrected chi connectivity index (χ2v) is 9.11. The zero-order valence-electron chi connectivity index (χ0n) is 17.9. The van der Waals surface area contributed by atoms with E-state index >= 15 is 0 Å². The highest BCUT2D eigenvalue weighted by molar-refractivity contribution is 7.19. The van der Waals surface area contributed by atoms with Crippen molar-refractivity contribution in [1.82, 2.24) is 9.97 Å². The molecule has 1 N–H and O–H groups in total. The maximum Gasteiger partial charge on any atom is 0.138 e. The minimum Gasteiger partial charge on any atom is -0.496 e. The van der Waals surface area contributed by atoms with Gasteiger partial charge in [-0.25, -0.2) is 9.97 Å². The molecule has 2 aromatic heterocycles. The van der Waals surface area contributed by atoms with Crippen LogP contribution in [0.25, 0.3) is 10.2 Å². The first-order chi connectivity index (χ1) is 15.3. The third-order valence-corrected chi connectivity index (χ3v) is 7.13. The summed E-state index contributed by atoms with van der Waals surface area (Å²) in [6.45, 7) is 0.807. The fraction of sp³-hybridized carbons (Fsp3) is 0.308. The van der Waals surface area contributed by atoms with Crippen molar-refractivity contribution in [1.29, 1.82) is 0 Å². The Morgan fingerprint density at radius 3 is 2.65 bits per heavy atom. The molecule has 0 fully saturated rings. The van der Waals surface area contributed by atoms with Crippen molar-refractivity contribution in [2.75, 3.05) is 19.0 Å². The van der Waals surface area contributed by atoms with Crippen molar-refractivity contribution < 1.29 is 4.74 Å². The SMILES string of the molecule is COc1ccccc1CCNc1nc(Cc2ccccc2)nc2sc3c(c12)CCCC3. The Labute approximate surface area is 187 Å². The molecule has 5 heteroatoms. The van der Waals surface area contributed by atoms with Crippen molar-refractivity contribution in [3.05, 3.63) is 82.0 Å².